The standard InChI is InChI=1S/C14H10ClFN2O2/c15-10-4-2-7(5-11(10)16)20-8-1-3-9-12(6-8)18-14(19)13(9)17/h1-6,13H,17H2,(H,18,19). The Morgan fingerprint density at radius 1 is 1.20 bits per heavy atom. The first kappa shape index (κ1) is 12.9. The molecule has 1 unspecified atom stereocenters. The highest BCUT2D eigenvalue weighted by Crippen LogP contribution is 2.34. The number of hydrogen-bond acceptors (Lipinski definition) is 3. The molecule has 2 aromatic carbocycles. The molecule has 0 aromatic heterocycles. The van der Waals surface area contributed by atoms with Crippen LogP contribution in [0.5, 0.6) is 11.5 Å². The van der Waals surface area contributed by atoms with Crippen LogP contribution in [0.2, 0.25) is 5.02 Å². The van der Waals surface area contributed by atoms with E-state index in [-0.39, 0.29) is 10.9 Å². The zero-order chi connectivity index (χ0) is 14.3. The molecule has 0 saturated carbocycles. The van der Waals surface area contributed by atoms with E-state index >= 15 is 0 Å². The molecule has 1 aliphatic heterocycles. The van der Waals surface area contributed by atoms with Crippen LogP contribution < -0.4 is 15.8 Å². The molecule has 3 N–H and O–H groups in total. The summed E-state index contributed by atoms with van der Waals surface area (Å²) in [6.45, 7) is 0. The van der Waals surface area contributed by atoms with Gasteiger partial charge in [-0.25, -0.2) is 4.39 Å². The number of rotatable bonds is 2. The van der Waals surface area contributed by atoms with Crippen LogP contribution in [-0.4, -0.2) is 5.91 Å². The zero-order valence-corrected chi connectivity index (χ0v) is 10.9. The summed E-state index contributed by atoms with van der Waals surface area (Å²) in [6, 6.07) is 8.53. The molecule has 1 atom stereocenters. The smallest absolute Gasteiger partial charge is 0.245 e. The van der Waals surface area contributed by atoms with E-state index in [9.17, 15) is 9.18 Å². The van der Waals surface area contributed by atoms with Crippen LogP contribution in [0.15, 0.2) is 36.4 Å². The topological polar surface area (TPSA) is 64.4 Å². The second-order valence-corrected chi connectivity index (χ2v) is 4.80. The Bertz CT molecular complexity index is 706. The molecule has 0 bridgehead atoms. The molecule has 6 heteroatoms. The largest absolute Gasteiger partial charge is 0.457 e. The SMILES string of the molecule is NC1C(=O)Nc2cc(Oc3ccc(Cl)c(F)c3)ccc21. The Kier molecular flexibility index (Phi) is 3.08. The van der Waals surface area contributed by atoms with E-state index in [1.165, 1.54) is 12.1 Å². The van der Waals surface area contributed by atoms with Crippen LogP contribution in [0.25, 0.3) is 0 Å². The first-order valence-electron chi connectivity index (χ1n) is 5.88. The van der Waals surface area contributed by atoms with Gasteiger partial charge >= 0.3 is 0 Å². The fourth-order valence-electron chi connectivity index (χ4n) is 2.01. The fraction of sp³-hybridized carbons (Fsp3) is 0.0714. The average Bonchev–Trinajstić information content (AvgIpc) is 2.69. The van der Waals surface area contributed by atoms with E-state index in [1.807, 2.05) is 0 Å². The molecule has 0 saturated heterocycles. The van der Waals surface area contributed by atoms with Gasteiger partial charge in [-0.1, -0.05) is 17.7 Å². The van der Waals surface area contributed by atoms with Crippen LogP contribution in [-0.2, 0) is 4.79 Å². The lowest BCUT2D eigenvalue weighted by Gasteiger charge is -2.08. The number of carbonyl (C=O) groups excluding carboxylic acids is 1. The van der Waals surface area contributed by atoms with Crippen molar-refractivity contribution in [1.29, 1.82) is 0 Å². The number of fused-ring (bicyclic) bond motifs is 1. The van der Waals surface area contributed by atoms with E-state index in [4.69, 9.17) is 22.1 Å². The summed E-state index contributed by atoms with van der Waals surface area (Å²) in [5.41, 5.74) is 7.03. The van der Waals surface area contributed by atoms with Crippen molar-refractivity contribution < 1.29 is 13.9 Å². The van der Waals surface area contributed by atoms with Gasteiger partial charge in [-0.05, 0) is 18.2 Å². The number of amides is 1. The summed E-state index contributed by atoms with van der Waals surface area (Å²) >= 11 is 5.60. The predicted molar refractivity (Wildman–Crippen MR) is 73.5 cm³/mol. The minimum atomic E-state index is -0.660. The number of ether oxygens (including phenoxy) is 1. The molecule has 1 heterocycles. The quantitative estimate of drug-likeness (QED) is 0.893. The monoisotopic (exact) mass is 292 g/mol. The maximum atomic E-state index is 13.3. The van der Waals surface area contributed by atoms with Crippen molar-refractivity contribution in [3.05, 3.63) is 52.8 Å². The number of hydrogen-bond donors (Lipinski definition) is 2. The first-order valence-corrected chi connectivity index (χ1v) is 6.26. The first-order chi connectivity index (χ1) is 9.54. The molecule has 2 aromatic rings. The van der Waals surface area contributed by atoms with Crippen LogP contribution in [0.3, 0.4) is 0 Å². The van der Waals surface area contributed by atoms with E-state index in [0.717, 1.165) is 0 Å². The Morgan fingerprint density at radius 3 is 2.65 bits per heavy atom. The Balaban J connectivity index is 1.87. The maximum Gasteiger partial charge on any atom is 0.245 e. The average molecular weight is 293 g/mol. The molecular weight excluding hydrogens is 283 g/mol. The molecule has 20 heavy (non-hydrogen) atoms. The lowest BCUT2D eigenvalue weighted by atomic mass is 10.1. The normalized spacial score (nSPS) is 16.8. The minimum Gasteiger partial charge on any atom is -0.457 e. The predicted octanol–water partition coefficient (Wildman–Crippen LogP) is 3.22. The molecule has 4 nitrogen and oxygen atoms in total. The Morgan fingerprint density at radius 2 is 1.90 bits per heavy atom. The fourth-order valence-corrected chi connectivity index (χ4v) is 2.12. The van der Waals surface area contributed by atoms with Crippen molar-refractivity contribution >= 4 is 23.2 Å². The van der Waals surface area contributed by atoms with Gasteiger partial charge in [0.25, 0.3) is 0 Å². The van der Waals surface area contributed by atoms with Crippen molar-refractivity contribution in [1.82, 2.24) is 0 Å². The van der Waals surface area contributed by atoms with Crippen molar-refractivity contribution in [3.8, 4) is 11.5 Å². The molecule has 1 amide bonds. The van der Waals surface area contributed by atoms with E-state index in [2.05, 4.69) is 5.32 Å². The van der Waals surface area contributed by atoms with Crippen molar-refractivity contribution in [2.45, 2.75) is 6.04 Å². The van der Waals surface area contributed by atoms with Crippen molar-refractivity contribution in [2.75, 3.05) is 5.32 Å². The second kappa shape index (κ2) is 4.77. The summed E-state index contributed by atoms with van der Waals surface area (Å²) in [5, 5.41) is 2.69. The molecule has 0 spiro atoms. The highest BCUT2D eigenvalue weighted by molar-refractivity contribution is 6.30. The van der Waals surface area contributed by atoms with E-state index in [1.54, 1.807) is 24.3 Å². The third-order valence-electron chi connectivity index (χ3n) is 3.03. The van der Waals surface area contributed by atoms with Gasteiger partial charge in [0.2, 0.25) is 5.91 Å². The number of halogens is 2. The van der Waals surface area contributed by atoms with Gasteiger partial charge in [0.15, 0.2) is 0 Å². The number of carbonyl (C=O) groups is 1. The molecular formula is C14H10ClFN2O2. The number of benzene rings is 2. The number of nitrogens with one attached hydrogen (secondary N) is 1. The van der Waals surface area contributed by atoms with Crippen LogP contribution in [0, 0.1) is 5.82 Å². The van der Waals surface area contributed by atoms with E-state index in [0.29, 0.717) is 22.7 Å². The molecule has 0 aliphatic carbocycles. The lowest BCUT2D eigenvalue weighted by Crippen LogP contribution is -2.19. The van der Waals surface area contributed by atoms with Gasteiger partial charge in [0, 0.05) is 23.4 Å². The Hall–Kier alpha value is -2.11. The number of anilines is 1. The molecule has 3 rings (SSSR count). The zero-order valence-electron chi connectivity index (χ0n) is 10.2. The van der Waals surface area contributed by atoms with Crippen LogP contribution in [0.4, 0.5) is 10.1 Å². The number of nitrogens with two attached hydrogens (primary N) is 1. The maximum absolute atomic E-state index is 13.3. The summed E-state index contributed by atoms with van der Waals surface area (Å²) in [7, 11) is 0. The lowest BCUT2D eigenvalue weighted by molar-refractivity contribution is -0.116. The molecule has 0 fully saturated rings. The summed E-state index contributed by atoms with van der Waals surface area (Å²) in [4.78, 5) is 11.4. The minimum absolute atomic E-state index is 0.0320. The van der Waals surface area contributed by atoms with Gasteiger partial charge in [0.1, 0.15) is 23.4 Å². The van der Waals surface area contributed by atoms with Gasteiger partial charge in [-0.2, -0.15) is 0 Å². The van der Waals surface area contributed by atoms with Gasteiger partial charge in [0.05, 0.1) is 5.02 Å². The molecule has 0 radical (unpaired) electrons. The molecule has 102 valence electrons. The summed E-state index contributed by atoms with van der Waals surface area (Å²) in [6.07, 6.45) is 0. The van der Waals surface area contributed by atoms with Crippen molar-refractivity contribution in [2.24, 2.45) is 5.73 Å². The van der Waals surface area contributed by atoms with Crippen molar-refractivity contribution in [3.63, 3.8) is 0 Å². The van der Waals surface area contributed by atoms with Crippen LogP contribution in [0.1, 0.15) is 11.6 Å². The van der Waals surface area contributed by atoms with E-state index < -0.39 is 11.9 Å². The third kappa shape index (κ3) is 2.21. The summed E-state index contributed by atoms with van der Waals surface area (Å²) < 4.78 is 18.8. The Labute approximate surface area is 119 Å². The molecule has 1 aliphatic rings. The highest BCUT2D eigenvalue weighted by atomic mass is 35.5. The van der Waals surface area contributed by atoms with Gasteiger partial charge in [-0.15, -0.1) is 0 Å². The summed E-state index contributed by atoms with van der Waals surface area (Å²) in [5.74, 6) is -0.0179. The van der Waals surface area contributed by atoms with Crippen LogP contribution >= 0.6 is 11.6 Å². The van der Waals surface area contributed by atoms with Gasteiger partial charge < -0.3 is 15.8 Å². The third-order valence-corrected chi connectivity index (χ3v) is 3.33. The second-order valence-electron chi connectivity index (χ2n) is 4.39. The highest BCUT2D eigenvalue weighted by Gasteiger charge is 2.27. The van der Waals surface area contributed by atoms with Gasteiger partial charge in [-0.3, -0.25) is 4.79 Å².